The van der Waals surface area contributed by atoms with Gasteiger partial charge in [-0.05, 0) is 97.1 Å². The third-order valence-electron chi connectivity index (χ3n) is 13.0. The molecule has 1 fully saturated rings. The minimum absolute atomic E-state index is 0.0691. The Hall–Kier alpha value is -0.739. The maximum absolute atomic E-state index is 14.0. The lowest BCUT2D eigenvalue weighted by Gasteiger charge is -2.56. The second kappa shape index (κ2) is 16.3. The Balaban J connectivity index is 3.63. The highest BCUT2D eigenvalue weighted by atomic mass is 28.4. The Morgan fingerprint density at radius 2 is 1.35 bits per heavy atom. The lowest BCUT2D eigenvalue weighted by molar-refractivity contribution is -0.194. The zero-order valence-electron chi connectivity index (χ0n) is 35.1. The maximum atomic E-state index is 14.0. The summed E-state index contributed by atoms with van der Waals surface area (Å²) in [5.41, 5.74) is 1.41. The third-order valence-corrected chi connectivity index (χ3v) is 28.1. The van der Waals surface area contributed by atoms with Crippen LogP contribution in [0, 0.1) is 17.3 Å². The molecule has 1 rings (SSSR count). The van der Waals surface area contributed by atoms with Gasteiger partial charge >= 0.3 is 5.97 Å². The van der Waals surface area contributed by atoms with Crippen LogP contribution in [-0.2, 0) is 13.6 Å². The molecule has 1 N–H and O–H groups in total. The van der Waals surface area contributed by atoms with Crippen LogP contribution >= 0.6 is 0 Å². The fourth-order valence-electron chi connectivity index (χ4n) is 6.32. The molecule has 0 aromatic heterocycles. The standard InChI is InChI=1S/C41H80O4Si3/c1-20-21-30-40(12,13)31-24-25-33-29-28-32(2)34(33)26-22-23-27-35(46(14,15)37(3,4)5)41(36(42)43,44-47(16,17)38(6,7)8)45-48(18,19)39(9,10)11/h22-25,33-35H,2,20-21,26-31H2,1,3-19H3,(H,42,43)/b23-22-,25-24+/t33-,34-,35?/m0/s1. The molecule has 280 valence electrons. The van der Waals surface area contributed by atoms with Crippen molar-refractivity contribution < 1.29 is 18.8 Å². The van der Waals surface area contributed by atoms with Gasteiger partial charge in [0.25, 0.3) is 5.79 Å². The number of allylic oxidation sites excluding steroid dienone is 5. The molecule has 1 aliphatic carbocycles. The van der Waals surface area contributed by atoms with E-state index in [0.717, 1.165) is 19.3 Å². The van der Waals surface area contributed by atoms with Gasteiger partial charge in [-0.3, -0.25) is 0 Å². The van der Waals surface area contributed by atoms with E-state index in [9.17, 15) is 9.90 Å². The minimum atomic E-state index is -2.59. The molecule has 0 radical (unpaired) electrons. The normalized spacial score (nSPS) is 20.3. The molecule has 3 atom stereocenters. The molecule has 0 amide bonds. The number of hydrogen-bond donors (Lipinski definition) is 1. The summed E-state index contributed by atoms with van der Waals surface area (Å²) in [5, 5.41) is 11.0. The summed E-state index contributed by atoms with van der Waals surface area (Å²) in [5.74, 6) is -1.73. The summed E-state index contributed by atoms with van der Waals surface area (Å²) in [6.07, 6.45) is 18.2. The van der Waals surface area contributed by atoms with Crippen LogP contribution < -0.4 is 0 Å². The number of carboxylic acid groups (broad SMARTS) is 1. The molecule has 0 spiro atoms. The van der Waals surface area contributed by atoms with Crippen molar-refractivity contribution in [1.29, 1.82) is 0 Å². The fraction of sp³-hybridized carbons (Fsp3) is 0.829. The first-order chi connectivity index (χ1) is 21.4. The van der Waals surface area contributed by atoms with Crippen LogP contribution in [0.25, 0.3) is 0 Å². The molecule has 1 saturated carbocycles. The summed E-state index contributed by atoms with van der Waals surface area (Å²) in [6.45, 7) is 44.9. The van der Waals surface area contributed by atoms with Crippen LogP contribution in [-0.4, -0.2) is 41.6 Å². The van der Waals surface area contributed by atoms with E-state index in [1.807, 2.05) is 0 Å². The average Bonchev–Trinajstić information content (AvgIpc) is 3.23. The molecule has 0 aromatic rings. The second-order valence-electron chi connectivity index (χ2n) is 20.5. The van der Waals surface area contributed by atoms with Crippen molar-refractivity contribution in [2.24, 2.45) is 17.3 Å². The molecular formula is C41H80O4Si3. The lowest BCUT2D eigenvalue weighted by atomic mass is 9.83. The van der Waals surface area contributed by atoms with Gasteiger partial charge < -0.3 is 14.0 Å². The van der Waals surface area contributed by atoms with E-state index >= 15 is 0 Å². The van der Waals surface area contributed by atoms with Gasteiger partial charge in [0.05, 0.1) is 8.07 Å². The van der Waals surface area contributed by atoms with E-state index in [2.05, 4.69) is 153 Å². The van der Waals surface area contributed by atoms with Crippen molar-refractivity contribution in [3.63, 3.8) is 0 Å². The van der Waals surface area contributed by atoms with E-state index in [0.29, 0.717) is 23.7 Å². The number of unbranched alkanes of at least 4 members (excludes halogenated alkanes) is 1. The van der Waals surface area contributed by atoms with Crippen LogP contribution in [0.15, 0.2) is 36.5 Å². The largest absolute Gasteiger partial charge is 0.477 e. The predicted octanol–water partition coefficient (Wildman–Crippen LogP) is 13.8. The number of hydrogen-bond acceptors (Lipinski definition) is 3. The Kier molecular flexibility index (Phi) is 15.4. The molecule has 7 heteroatoms. The van der Waals surface area contributed by atoms with Crippen LogP contribution in [0.3, 0.4) is 0 Å². The van der Waals surface area contributed by atoms with E-state index in [-0.39, 0.29) is 20.7 Å². The molecule has 0 aliphatic heterocycles. The van der Waals surface area contributed by atoms with Crippen LogP contribution in [0.1, 0.15) is 134 Å². The lowest BCUT2D eigenvalue weighted by Crippen LogP contribution is -2.66. The Morgan fingerprint density at radius 3 is 1.77 bits per heavy atom. The van der Waals surface area contributed by atoms with Crippen molar-refractivity contribution in [1.82, 2.24) is 0 Å². The molecule has 0 aromatic carbocycles. The third kappa shape index (κ3) is 11.4. The first kappa shape index (κ1) is 45.3. The second-order valence-corrected chi connectivity index (χ2v) is 35.6. The smallest absolute Gasteiger partial charge is 0.362 e. The Morgan fingerprint density at radius 1 is 0.854 bits per heavy atom. The molecular weight excluding hydrogens is 641 g/mol. The van der Waals surface area contributed by atoms with Gasteiger partial charge in [0.2, 0.25) is 0 Å². The van der Waals surface area contributed by atoms with Gasteiger partial charge in [0, 0.05) is 5.54 Å². The van der Waals surface area contributed by atoms with Crippen molar-refractivity contribution in [2.75, 3.05) is 0 Å². The summed E-state index contributed by atoms with van der Waals surface area (Å²) < 4.78 is 14.4. The number of carboxylic acids is 1. The van der Waals surface area contributed by atoms with Crippen LogP contribution in [0.5, 0.6) is 0 Å². The van der Waals surface area contributed by atoms with E-state index < -0.39 is 36.5 Å². The zero-order valence-corrected chi connectivity index (χ0v) is 38.1. The van der Waals surface area contributed by atoms with Gasteiger partial charge in [-0.15, -0.1) is 0 Å². The maximum Gasteiger partial charge on any atom is 0.362 e. The highest BCUT2D eigenvalue weighted by Crippen LogP contribution is 2.55. The van der Waals surface area contributed by atoms with Crippen molar-refractivity contribution in [3.8, 4) is 0 Å². The molecule has 1 unspecified atom stereocenters. The van der Waals surface area contributed by atoms with Crippen molar-refractivity contribution in [2.45, 2.75) is 200 Å². The predicted molar refractivity (Wildman–Crippen MR) is 219 cm³/mol. The molecule has 0 bridgehead atoms. The Labute approximate surface area is 302 Å². The number of carbonyl (C=O) groups is 1. The van der Waals surface area contributed by atoms with Gasteiger partial charge in [0.1, 0.15) is 0 Å². The van der Waals surface area contributed by atoms with Crippen molar-refractivity contribution >= 4 is 30.7 Å². The van der Waals surface area contributed by atoms with Gasteiger partial charge in [-0.1, -0.05) is 145 Å². The summed E-state index contributed by atoms with van der Waals surface area (Å²) in [4.78, 5) is 14.0. The SMILES string of the molecule is C=C1CC[C@H](/C=C/CC(C)(C)CCCC)[C@H]1C/C=C\CC(C(O[Si](C)(C)C(C)(C)C)(O[Si](C)(C)C(C)(C)C)C(=O)O)[Si](C)(C)C(C)(C)C. The van der Waals surface area contributed by atoms with Crippen LogP contribution in [0.2, 0.25) is 59.9 Å². The monoisotopic (exact) mass is 721 g/mol. The topological polar surface area (TPSA) is 55.8 Å². The molecule has 48 heavy (non-hydrogen) atoms. The summed E-state index contributed by atoms with van der Waals surface area (Å²) in [7, 11) is -7.55. The van der Waals surface area contributed by atoms with E-state index in [1.165, 1.54) is 31.3 Å². The Bertz CT molecular complexity index is 1100. The van der Waals surface area contributed by atoms with Crippen molar-refractivity contribution in [3.05, 3.63) is 36.5 Å². The van der Waals surface area contributed by atoms with Gasteiger partial charge in [-0.2, -0.15) is 0 Å². The molecule has 1 aliphatic rings. The number of aliphatic carboxylic acids is 1. The highest BCUT2D eigenvalue weighted by Gasteiger charge is 2.63. The van der Waals surface area contributed by atoms with Gasteiger partial charge in [0.15, 0.2) is 16.6 Å². The summed E-state index contributed by atoms with van der Waals surface area (Å²) in [6, 6.07) is 0. The quantitative estimate of drug-likeness (QED) is 0.0923. The highest BCUT2D eigenvalue weighted by molar-refractivity contribution is 6.82. The van der Waals surface area contributed by atoms with Crippen LogP contribution in [0.4, 0.5) is 0 Å². The van der Waals surface area contributed by atoms with E-state index in [4.69, 9.17) is 8.85 Å². The average molecular weight is 721 g/mol. The fourth-order valence-corrected chi connectivity index (χ4v) is 12.3. The summed E-state index contributed by atoms with van der Waals surface area (Å²) >= 11 is 0. The first-order valence-corrected chi connectivity index (χ1v) is 27.9. The molecule has 0 saturated heterocycles. The first-order valence-electron chi connectivity index (χ1n) is 19.0. The van der Waals surface area contributed by atoms with Gasteiger partial charge in [-0.25, -0.2) is 4.79 Å². The minimum Gasteiger partial charge on any atom is -0.477 e. The molecule has 0 heterocycles. The number of rotatable bonds is 17. The zero-order chi connectivity index (χ0) is 37.8. The molecule has 4 nitrogen and oxygen atoms in total. The van der Waals surface area contributed by atoms with E-state index in [1.54, 1.807) is 0 Å².